The van der Waals surface area contributed by atoms with Gasteiger partial charge >= 0.3 is 5.97 Å². The van der Waals surface area contributed by atoms with E-state index in [-0.39, 0.29) is 5.57 Å². The molecule has 0 aromatic heterocycles. The third-order valence-corrected chi connectivity index (χ3v) is 5.31. The highest BCUT2D eigenvalue weighted by Gasteiger charge is 2.39. The molecule has 2 aliphatic rings. The molecular formula is C23H18N2O4. The van der Waals surface area contributed by atoms with Crippen molar-refractivity contribution >= 4 is 28.7 Å². The maximum Gasteiger partial charge on any atom is 0.334 e. The summed E-state index contributed by atoms with van der Waals surface area (Å²) in [5.41, 5.74) is 3.84. The van der Waals surface area contributed by atoms with Gasteiger partial charge in [-0.3, -0.25) is 9.59 Å². The Kier molecular flexibility index (Phi) is 4.44. The van der Waals surface area contributed by atoms with E-state index < -0.39 is 28.8 Å². The number of fused-ring (bicyclic) bond motifs is 1. The van der Waals surface area contributed by atoms with E-state index in [0.717, 1.165) is 36.3 Å². The van der Waals surface area contributed by atoms with Gasteiger partial charge in [-0.25, -0.2) is 4.85 Å². The Hall–Kier alpha value is -3.85. The number of aliphatic hydroxyl groups excluding tert-OH is 1. The molecule has 0 bridgehead atoms. The van der Waals surface area contributed by atoms with Crippen LogP contribution in [0, 0.1) is 13.5 Å². The Bertz CT molecular complexity index is 1150. The van der Waals surface area contributed by atoms with Gasteiger partial charge in [0, 0.05) is 17.9 Å². The highest BCUT2D eigenvalue weighted by atomic mass is 16.4. The van der Waals surface area contributed by atoms with E-state index in [1.165, 1.54) is 5.56 Å². The molecule has 29 heavy (non-hydrogen) atoms. The van der Waals surface area contributed by atoms with Crippen molar-refractivity contribution < 1.29 is 19.8 Å². The van der Waals surface area contributed by atoms with Gasteiger partial charge in [-0.05, 0) is 55.2 Å². The average molecular weight is 386 g/mol. The minimum atomic E-state index is -1.52. The smallest absolute Gasteiger partial charge is 0.334 e. The molecule has 0 saturated heterocycles. The van der Waals surface area contributed by atoms with Crippen LogP contribution in [0.15, 0.2) is 59.5 Å². The highest BCUT2D eigenvalue weighted by Crippen LogP contribution is 2.41. The van der Waals surface area contributed by atoms with Gasteiger partial charge in [0.05, 0.1) is 17.7 Å². The van der Waals surface area contributed by atoms with Gasteiger partial charge in [0.1, 0.15) is 5.76 Å². The van der Waals surface area contributed by atoms with E-state index in [9.17, 15) is 14.7 Å². The summed E-state index contributed by atoms with van der Waals surface area (Å²) in [4.78, 5) is 28.7. The van der Waals surface area contributed by atoms with Crippen molar-refractivity contribution in [3.63, 3.8) is 0 Å². The maximum atomic E-state index is 12.5. The molecule has 0 fully saturated rings. The van der Waals surface area contributed by atoms with E-state index in [0.29, 0.717) is 5.56 Å². The molecule has 6 nitrogen and oxygen atoms in total. The molecule has 2 aromatic rings. The van der Waals surface area contributed by atoms with Gasteiger partial charge in [-0.2, -0.15) is 0 Å². The fourth-order valence-corrected chi connectivity index (χ4v) is 3.85. The lowest BCUT2D eigenvalue weighted by Crippen LogP contribution is -2.26. The Morgan fingerprint density at radius 1 is 1.17 bits per heavy atom. The van der Waals surface area contributed by atoms with E-state index in [1.807, 2.05) is 19.1 Å². The lowest BCUT2D eigenvalue weighted by Gasteiger charge is -2.32. The number of aliphatic hydroxyl groups is 1. The number of nitrogens with zero attached hydrogens (tertiary/aromatic N) is 2. The van der Waals surface area contributed by atoms with Gasteiger partial charge in [-0.1, -0.05) is 23.8 Å². The number of aryl methyl sites for hydroxylation is 2. The number of benzene rings is 2. The van der Waals surface area contributed by atoms with Crippen LogP contribution in [0.1, 0.15) is 23.1 Å². The number of anilines is 2. The molecule has 0 unspecified atom stereocenters. The van der Waals surface area contributed by atoms with Crippen LogP contribution in [0.25, 0.3) is 10.4 Å². The van der Waals surface area contributed by atoms with Crippen LogP contribution in [-0.4, -0.2) is 28.5 Å². The van der Waals surface area contributed by atoms with Crippen molar-refractivity contribution in [2.24, 2.45) is 0 Å². The Morgan fingerprint density at radius 2 is 1.90 bits per heavy atom. The normalized spacial score (nSPS) is 17.4. The summed E-state index contributed by atoms with van der Waals surface area (Å²) in [7, 11) is 0. The van der Waals surface area contributed by atoms with E-state index in [1.54, 1.807) is 6.07 Å². The second-order valence-electron chi connectivity index (χ2n) is 7.13. The summed E-state index contributed by atoms with van der Waals surface area (Å²) in [5.74, 6) is -2.55. The number of carboxylic acid groups (broad SMARTS) is 1. The largest absolute Gasteiger partial charge is 0.508 e. The predicted octanol–water partition coefficient (Wildman–Crippen LogP) is 4.19. The first-order valence-electron chi connectivity index (χ1n) is 9.23. The van der Waals surface area contributed by atoms with E-state index in [2.05, 4.69) is 34.0 Å². The van der Waals surface area contributed by atoms with Crippen molar-refractivity contribution in [2.75, 3.05) is 11.4 Å². The maximum absolute atomic E-state index is 12.5. The monoisotopic (exact) mass is 386 g/mol. The molecule has 0 saturated carbocycles. The summed E-state index contributed by atoms with van der Waals surface area (Å²) >= 11 is 0. The topological polar surface area (TPSA) is 82.2 Å². The number of hydrogen-bond acceptors (Lipinski definition) is 4. The van der Waals surface area contributed by atoms with E-state index >= 15 is 0 Å². The number of aliphatic carboxylic acids is 1. The van der Waals surface area contributed by atoms with Crippen LogP contribution in [-0.2, 0) is 16.0 Å². The van der Waals surface area contributed by atoms with Crippen LogP contribution < -0.4 is 4.90 Å². The lowest BCUT2D eigenvalue weighted by molar-refractivity contribution is -0.132. The molecule has 1 heterocycles. The standard InChI is InChI=1S/C23H18N2O4/c1-13-5-8-16(9-6-13)25-11-3-4-14-12-15(7-10-17(14)25)18-21(26)19(22(18)27)20(24-2)23(28)29/h5-10,12,26H,3-4,11H2,1H3,(H,28,29)/b20-19+. The Labute approximate surface area is 167 Å². The van der Waals surface area contributed by atoms with Crippen LogP contribution in [0.3, 0.4) is 0 Å². The number of rotatable bonds is 3. The average Bonchev–Trinajstić information content (AvgIpc) is 2.71. The summed E-state index contributed by atoms with van der Waals surface area (Å²) in [6.07, 6.45) is 1.80. The molecular weight excluding hydrogens is 368 g/mol. The van der Waals surface area contributed by atoms with E-state index in [4.69, 9.17) is 11.7 Å². The molecule has 0 radical (unpaired) electrons. The van der Waals surface area contributed by atoms with Crippen LogP contribution in [0.4, 0.5) is 11.4 Å². The number of Topliss-reactive ketones (excluding diaryl/α,β-unsaturated/α-hetero) is 1. The summed E-state index contributed by atoms with van der Waals surface area (Å²) in [5, 5.41) is 19.3. The first kappa shape index (κ1) is 18.5. The van der Waals surface area contributed by atoms with Crippen molar-refractivity contribution in [3.8, 4) is 0 Å². The molecule has 4 rings (SSSR count). The molecule has 144 valence electrons. The summed E-state index contributed by atoms with van der Waals surface area (Å²) in [6.45, 7) is 9.88. The van der Waals surface area contributed by atoms with Crippen molar-refractivity contribution in [2.45, 2.75) is 19.8 Å². The van der Waals surface area contributed by atoms with Crippen molar-refractivity contribution in [1.82, 2.24) is 0 Å². The molecule has 2 N–H and O–H groups in total. The molecule has 1 aliphatic heterocycles. The molecule has 0 spiro atoms. The second-order valence-corrected chi connectivity index (χ2v) is 7.13. The predicted molar refractivity (Wildman–Crippen MR) is 109 cm³/mol. The number of carboxylic acids is 1. The number of ketones is 1. The van der Waals surface area contributed by atoms with Gasteiger partial charge in [0.15, 0.2) is 5.78 Å². The summed E-state index contributed by atoms with van der Waals surface area (Å²) in [6, 6.07) is 13.8. The number of hydrogen-bond donors (Lipinski definition) is 2. The SMILES string of the molecule is [C-]#[N+]/C(C(=O)O)=C1/C(=O)C(c2ccc3c(c2)CCCN3c2ccc(C)cc2)=C1O. The van der Waals surface area contributed by atoms with Crippen LogP contribution >= 0.6 is 0 Å². The zero-order valence-electron chi connectivity index (χ0n) is 15.8. The van der Waals surface area contributed by atoms with Gasteiger partial charge in [0.2, 0.25) is 0 Å². The number of allylic oxidation sites excluding steroid dienone is 2. The fourth-order valence-electron chi connectivity index (χ4n) is 3.85. The zero-order chi connectivity index (χ0) is 20.7. The first-order valence-corrected chi connectivity index (χ1v) is 9.23. The van der Waals surface area contributed by atoms with Crippen LogP contribution in [0.5, 0.6) is 0 Å². The lowest BCUT2D eigenvalue weighted by atomic mass is 9.81. The number of carbonyl (C=O) groups is 2. The number of carbonyl (C=O) groups excluding carboxylic acids is 1. The molecule has 2 aromatic carbocycles. The van der Waals surface area contributed by atoms with Gasteiger partial charge in [0.25, 0.3) is 5.70 Å². The quantitative estimate of drug-likeness (QED) is 0.611. The first-order chi connectivity index (χ1) is 13.9. The highest BCUT2D eigenvalue weighted by molar-refractivity contribution is 6.40. The Morgan fingerprint density at radius 3 is 2.52 bits per heavy atom. The summed E-state index contributed by atoms with van der Waals surface area (Å²) < 4.78 is 0. The molecule has 1 aliphatic carbocycles. The minimum absolute atomic E-state index is 0.0673. The minimum Gasteiger partial charge on any atom is -0.508 e. The molecule has 0 amide bonds. The molecule has 6 heteroatoms. The third kappa shape index (κ3) is 2.97. The molecule has 0 atom stereocenters. The second kappa shape index (κ2) is 6.95. The zero-order valence-corrected chi connectivity index (χ0v) is 15.8. The van der Waals surface area contributed by atoms with Gasteiger partial charge < -0.3 is 15.1 Å². The third-order valence-electron chi connectivity index (χ3n) is 5.31. The van der Waals surface area contributed by atoms with Crippen molar-refractivity contribution in [1.29, 1.82) is 0 Å². The van der Waals surface area contributed by atoms with Gasteiger partial charge in [-0.15, -0.1) is 0 Å². The Balaban J connectivity index is 1.74. The fraction of sp³-hybridized carbons (Fsp3) is 0.174. The van der Waals surface area contributed by atoms with Crippen LogP contribution in [0.2, 0.25) is 0 Å². The van der Waals surface area contributed by atoms with Crippen molar-refractivity contribution in [3.05, 3.63) is 87.6 Å².